The highest BCUT2D eigenvalue weighted by Gasteiger charge is 2.72. The summed E-state index contributed by atoms with van der Waals surface area (Å²) < 4.78 is 5.61. The summed E-state index contributed by atoms with van der Waals surface area (Å²) in [5, 5.41) is 30.1. The number of ether oxygens (including phenoxy) is 1. The zero-order chi connectivity index (χ0) is 26.0. The molecule has 3 aromatic rings. The number of fused-ring (bicyclic) bond motifs is 4. The van der Waals surface area contributed by atoms with Crippen molar-refractivity contribution in [1.82, 2.24) is 5.32 Å². The normalized spacial score (nSPS) is 32.7. The van der Waals surface area contributed by atoms with Gasteiger partial charge in [0.2, 0.25) is 0 Å². The van der Waals surface area contributed by atoms with Gasteiger partial charge in [-0.3, -0.25) is 4.79 Å². The van der Waals surface area contributed by atoms with Crippen molar-refractivity contribution in [2.24, 2.45) is 5.41 Å². The molecule has 2 fully saturated rings. The van der Waals surface area contributed by atoms with E-state index in [-0.39, 0.29) is 24.5 Å². The Labute approximate surface area is 218 Å². The van der Waals surface area contributed by atoms with Gasteiger partial charge in [0, 0.05) is 18.0 Å². The van der Waals surface area contributed by atoms with Crippen molar-refractivity contribution in [2.75, 3.05) is 13.2 Å². The third-order valence-corrected chi connectivity index (χ3v) is 9.76. The summed E-state index contributed by atoms with van der Waals surface area (Å²) in [6.45, 7) is 6.57. The van der Waals surface area contributed by atoms with Crippen LogP contribution in [0.2, 0.25) is 0 Å². The topological polar surface area (TPSA) is 78.8 Å². The van der Waals surface area contributed by atoms with Gasteiger partial charge in [0.05, 0.1) is 18.1 Å². The molecule has 5 nitrogen and oxygen atoms in total. The van der Waals surface area contributed by atoms with Crippen LogP contribution in [-0.4, -0.2) is 40.5 Å². The molecule has 0 aliphatic heterocycles. The molecule has 0 radical (unpaired) electrons. The molecule has 6 atom stereocenters. The molecular weight excluding hydrogens is 462 g/mol. The quantitative estimate of drug-likeness (QED) is 0.402. The lowest BCUT2D eigenvalue weighted by Gasteiger charge is -2.43. The van der Waals surface area contributed by atoms with E-state index >= 15 is 0 Å². The smallest absolute Gasteiger partial charge is 0.314 e. The maximum atomic E-state index is 13.5. The van der Waals surface area contributed by atoms with Gasteiger partial charge in [0.25, 0.3) is 0 Å². The number of aliphatic hydroxyl groups is 2. The van der Waals surface area contributed by atoms with Crippen LogP contribution >= 0.6 is 0 Å². The fourth-order valence-corrected chi connectivity index (χ4v) is 8.14. The predicted molar refractivity (Wildman–Crippen MR) is 144 cm³/mol. The molecule has 194 valence electrons. The van der Waals surface area contributed by atoms with Crippen LogP contribution in [0.4, 0.5) is 0 Å². The van der Waals surface area contributed by atoms with Crippen LogP contribution in [0.5, 0.6) is 0 Å². The first-order valence-electron chi connectivity index (χ1n) is 13.6. The lowest BCUT2D eigenvalue weighted by atomic mass is 9.63. The molecule has 37 heavy (non-hydrogen) atoms. The molecule has 3 N–H and O–H groups in total. The first-order valence-corrected chi connectivity index (χ1v) is 13.6. The summed E-state index contributed by atoms with van der Waals surface area (Å²) >= 11 is 0. The van der Waals surface area contributed by atoms with Crippen LogP contribution in [0.15, 0.2) is 60.7 Å². The lowest BCUT2D eigenvalue weighted by Crippen LogP contribution is -2.56. The average Bonchev–Trinajstić information content (AvgIpc) is 3.26. The molecule has 0 amide bonds. The minimum absolute atomic E-state index is 0.0173. The second-order valence-corrected chi connectivity index (χ2v) is 11.7. The number of hydrogen-bond donors (Lipinski definition) is 3. The van der Waals surface area contributed by atoms with Crippen molar-refractivity contribution in [3.63, 3.8) is 0 Å². The number of nitrogens with one attached hydrogen (secondary N) is 1. The van der Waals surface area contributed by atoms with Crippen LogP contribution in [-0.2, 0) is 9.53 Å². The van der Waals surface area contributed by atoms with Crippen LogP contribution in [0.25, 0.3) is 10.8 Å². The van der Waals surface area contributed by atoms with E-state index in [0.717, 1.165) is 17.5 Å². The predicted octanol–water partition coefficient (Wildman–Crippen LogP) is 5.28. The van der Waals surface area contributed by atoms with Gasteiger partial charge in [-0.15, -0.1) is 0 Å². The minimum Gasteiger partial charge on any atom is -0.466 e. The van der Waals surface area contributed by atoms with Gasteiger partial charge in [-0.2, -0.15) is 0 Å². The van der Waals surface area contributed by atoms with E-state index in [0.29, 0.717) is 25.9 Å². The maximum absolute atomic E-state index is 13.5. The molecule has 6 rings (SSSR count). The molecule has 3 aliphatic carbocycles. The van der Waals surface area contributed by atoms with E-state index < -0.39 is 22.5 Å². The van der Waals surface area contributed by atoms with Gasteiger partial charge in [-0.05, 0) is 85.4 Å². The van der Waals surface area contributed by atoms with Gasteiger partial charge in [-0.1, -0.05) is 60.7 Å². The number of benzene rings is 3. The fourth-order valence-electron chi connectivity index (χ4n) is 8.14. The minimum atomic E-state index is -1.35. The van der Waals surface area contributed by atoms with Crippen molar-refractivity contribution in [3.05, 3.63) is 82.9 Å². The fraction of sp³-hybridized carbons (Fsp3) is 0.469. The molecule has 0 saturated heterocycles. The number of carbonyl (C=O) groups excluding carboxylic acids is 1. The van der Waals surface area contributed by atoms with Crippen LogP contribution in [0.3, 0.4) is 0 Å². The van der Waals surface area contributed by atoms with Gasteiger partial charge in [0.1, 0.15) is 5.60 Å². The third kappa shape index (κ3) is 3.51. The van der Waals surface area contributed by atoms with E-state index in [9.17, 15) is 15.0 Å². The third-order valence-electron chi connectivity index (χ3n) is 9.76. The Balaban J connectivity index is 1.34. The van der Waals surface area contributed by atoms with Gasteiger partial charge < -0.3 is 20.3 Å². The first kappa shape index (κ1) is 24.6. The Morgan fingerprint density at radius 1 is 1.08 bits per heavy atom. The zero-order valence-corrected chi connectivity index (χ0v) is 22.0. The Morgan fingerprint density at radius 2 is 1.84 bits per heavy atom. The number of esters is 1. The van der Waals surface area contributed by atoms with Gasteiger partial charge in [0.15, 0.2) is 0 Å². The van der Waals surface area contributed by atoms with Crippen LogP contribution < -0.4 is 5.32 Å². The summed E-state index contributed by atoms with van der Waals surface area (Å²) in [5.41, 5.74) is 1.35. The van der Waals surface area contributed by atoms with Crippen molar-refractivity contribution >= 4 is 16.7 Å². The highest BCUT2D eigenvalue weighted by molar-refractivity contribution is 5.86. The summed E-state index contributed by atoms with van der Waals surface area (Å²) in [6.07, 6.45) is 2.05. The Bertz CT molecular complexity index is 1360. The second-order valence-electron chi connectivity index (χ2n) is 11.7. The largest absolute Gasteiger partial charge is 0.466 e. The van der Waals surface area contributed by atoms with E-state index in [1.807, 2.05) is 19.1 Å². The Hall–Kier alpha value is -2.73. The number of carbonyl (C=O) groups is 1. The maximum Gasteiger partial charge on any atom is 0.314 e. The van der Waals surface area contributed by atoms with E-state index in [4.69, 9.17) is 4.74 Å². The second kappa shape index (κ2) is 8.65. The van der Waals surface area contributed by atoms with Crippen molar-refractivity contribution in [3.8, 4) is 0 Å². The van der Waals surface area contributed by atoms with E-state index in [1.54, 1.807) is 0 Å². The first-order chi connectivity index (χ1) is 17.7. The van der Waals surface area contributed by atoms with Gasteiger partial charge >= 0.3 is 5.97 Å². The lowest BCUT2D eigenvalue weighted by molar-refractivity contribution is -0.150. The molecule has 0 unspecified atom stereocenters. The SMILES string of the molecule is CCOC(=O)[C@H]1c2c(C)cccc2[C@H]2CC[C@]3(O)C[C@@]21C[C@]3(O)CN[C@@H](C)c1cccc2ccccc12. The van der Waals surface area contributed by atoms with Crippen molar-refractivity contribution in [1.29, 1.82) is 0 Å². The number of aryl methyl sites for hydroxylation is 1. The molecule has 1 spiro atoms. The summed E-state index contributed by atoms with van der Waals surface area (Å²) in [6, 6.07) is 20.8. The Kier molecular flexibility index (Phi) is 5.75. The molecule has 0 aromatic heterocycles. The molecule has 2 saturated carbocycles. The monoisotopic (exact) mass is 499 g/mol. The molecule has 2 bridgehead atoms. The number of rotatable bonds is 6. The zero-order valence-electron chi connectivity index (χ0n) is 22.0. The van der Waals surface area contributed by atoms with E-state index in [2.05, 4.69) is 67.7 Å². The Morgan fingerprint density at radius 3 is 2.65 bits per heavy atom. The number of hydrogen-bond acceptors (Lipinski definition) is 5. The van der Waals surface area contributed by atoms with Crippen molar-refractivity contribution in [2.45, 2.75) is 75.5 Å². The van der Waals surface area contributed by atoms with Crippen LogP contribution in [0, 0.1) is 12.3 Å². The highest BCUT2D eigenvalue weighted by atomic mass is 16.5. The summed E-state index contributed by atoms with van der Waals surface area (Å²) in [5.74, 6) is -0.572. The summed E-state index contributed by atoms with van der Waals surface area (Å²) in [7, 11) is 0. The van der Waals surface area contributed by atoms with Gasteiger partial charge in [-0.25, -0.2) is 0 Å². The molecule has 3 aromatic carbocycles. The molecule has 3 aliphatic rings. The average molecular weight is 500 g/mol. The van der Waals surface area contributed by atoms with Crippen molar-refractivity contribution < 1.29 is 19.7 Å². The molecule has 0 heterocycles. The highest BCUT2D eigenvalue weighted by Crippen LogP contribution is 2.72. The molecular formula is C32H37NO4. The van der Waals surface area contributed by atoms with Crippen LogP contribution in [0.1, 0.15) is 79.7 Å². The standard InChI is InChI=1S/C32H37NO4/c1-4-37-29(34)28-27-20(2)9-7-14-25(27)26-15-16-31(35)17-30(26,28)18-32(31,36)19-33-21(3)23-13-8-11-22-10-5-6-12-24(22)23/h5-14,21,26,28,33,35-36H,4,15-19H2,1-3H3/t21-,26+,28+,30+,31-,32-/m0/s1. The molecule has 5 heteroatoms. The van der Waals surface area contributed by atoms with E-state index in [1.165, 1.54) is 21.9 Å². The summed E-state index contributed by atoms with van der Waals surface area (Å²) in [4.78, 5) is 13.5.